The van der Waals surface area contributed by atoms with Crippen molar-refractivity contribution in [1.82, 2.24) is 15.0 Å². The third kappa shape index (κ3) is 5.29. The summed E-state index contributed by atoms with van der Waals surface area (Å²) in [6.07, 6.45) is 2.69. The fourth-order valence-corrected chi connectivity index (χ4v) is 2.21. The summed E-state index contributed by atoms with van der Waals surface area (Å²) in [5.74, 6) is 0.819. The highest BCUT2D eigenvalue weighted by Gasteiger charge is 2.14. The van der Waals surface area contributed by atoms with Crippen LogP contribution in [0.25, 0.3) is 0 Å². The topological polar surface area (TPSA) is 85.2 Å². The van der Waals surface area contributed by atoms with Gasteiger partial charge in [-0.05, 0) is 18.5 Å². The van der Waals surface area contributed by atoms with Gasteiger partial charge in [0.1, 0.15) is 0 Å². The van der Waals surface area contributed by atoms with Crippen molar-refractivity contribution in [2.45, 2.75) is 32.7 Å². The molecule has 2 N–H and O–H groups in total. The van der Waals surface area contributed by atoms with Crippen LogP contribution in [-0.4, -0.2) is 34.0 Å². The van der Waals surface area contributed by atoms with E-state index in [9.17, 15) is 4.79 Å². The minimum Gasteiger partial charge on any atom is -0.369 e. The van der Waals surface area contributed by atoms with E-state index in [1.165, 1.54) is 0 Å². The second-order valence-corrected chi connectivity index (χ2v) is 5.30. The largest absolute Gasteiger partial charge is 0.369 e. The molecule has 0 fully saturated rings. The van der Waals surface area contributed by atoms with Crippen molar-refractivity contribution in [2.75, 3.05) is 13.1 Å². The Morgan fingerprint density at radius 2 is 2.09 bits per heavy atom. The number of nitrogens with zero attached hydrogens (tertiary/aromatic N) is 3. The van der Waals surface area contributed by atoms with Crippen LogP contribution in [-0.2, 0) is 17.8 Å². The van der Waals surface area contributed by atoms with Gasteiger partial charge in [0.25, 0.3) is 0 Å². The zero-order chi connectivity index (χ0) is 15.8. The lowest BCUT2D eigenvalue weighted by molar-refractivity contribution is -0.119. The molecule has 1 aromatic heterocycles. The molecule has 6 nitrogen and oxygen atoms in total. The van der Waals surface area contributed by atoms with Gasteiger partial charge in [-0.15, -0.1) is 0 Å². The molecule has 0 atom stereocenters. The van der Waals surface area contributed by atoms with Crippen molar-refractivity contribution in [3.63, 3.8) is 0 Å². The molecule has 0 spiro atoms. The van der Waals surface area contributed by atoms with E-state index in [0.717, 1.165) is 24.9 Å². The number of rotatable bonds is 9. The maximum absolute atomic E-state index is 11.1. The molecule has 1 aromatic carbocycles. The van der Waals surface area contributed by atoms with Crippen LogP contribution in [0.15, 0.2) is 34.9 Å². The lowest BCUT2D eigenvalue weighted by atomic mass is 10.1. The minimum atomic E-state index is -0.347. The molecular formula is C16H22N4O2. The van der Waals surface area contributed by atoms with Crippen LogP contribution in [0.1, 0.15) is 37.0 Å². The number of carbonyl (C=O) groups excluding carboxylic acids is 1. The molecule has 0 saturated heterocycles. The summed E-state index contributed by atoms with van der Waals surface area (Å²) in [6, 6.07) is 9.99. The first-order chi connectivity index (χ1) is 10.7. The Morgan fingerprint density at radius 1 is 1.32 bits per heavy atom. The van der Waals surface area contributed by atoms with Gasteiger partial charge >= 0.3 is 0 Å². The summed E-state index contributed by atoms with van der Waals surface area (Å²) in [5, 5.41) is 4.00. The van der Waals surface area contributed by atoms with Gasteiger partial charge in [-0.1, -0.05) is 48.8 Å². The van der Waals surface area contributed by atoms with Gasteiger partial charge in [0.15, 0.2) is 5.82 Å². The quantitative estimate of drug-likeness (QED) is 0.762. The number of hydrogen-bond donors (Lipinski definition) is 1. The summed E-state index contributed by atoms with van der Waals surface area (Å²) in [7, 11) is 0. The summed E-state index contributed by atoms with van der Waals surface area (Å²) >= 11 is 0. The molecule has 0 aliphatic heterocycles. The standard InChI is InChI=1S/C16H22N4O2/c1-2-3-9-20(11-14(17)21)12-16-18-15(19-22-16)10-13-7-5-4-6-8-13/h4-8H,2-3,9-12H2,1H3,(H2,17,21). The second-order valence-electron chi connectivity index (χ2n) is 5.30. The number of hydrogen-bond acceptors (Lipinski definition) is 5. The highest BCUT2D eigenvalue weighted by atomic mass is 16.5. The molecule has 118 valence electrons. The Labute approximate surface area is 130 Å². The summed E-state index contributed by atoms with van der Waals surface area (Å²) < 4.78 is 5.27. The van der Waals surface area contributed by atoms with Crippen molar-refractivity contribution in [3.8, 4) is 0 Å². The Balaban J connectivity index is 1.95. The second kappa shape index (κ2) is 8.29. The van der Waals surface area contributed by atoms with Gasteiger partial charge < -0.3 is 10.3 Å². The predicted molar refractivity (Wildman–Crippen MR) is 82.9 cm³/mol. The number of nitrogens with two attached hydrogens (primary N) is 1. The van der Waals surface area contributed by atoms with E-state index in [1.54, 1.807) is 0 Å². The van der Waals surface area contributed by atoms with Gasteiger partial charge in [0.2, 0.25) is 11.8 Å². The van der Waals surface area contributed by atoms with Gasteiger partial charge in [-0.25, -0.2) is 0 Å². The summed E-state index contributed by atoms with van der Waals surface area (Å²) in [6.45, 7) is 3.55. The number of primary amides is 1. The van der Waals surface area contributed by atoms with E-state index in [2.05, 4.69) is 17.1 Å². The summed E-state index contributed by atoms with van der Waals surface area (Å²) in [5.41, 5.74) is 6.41. The Kier molecular flexibility index (Phi) is 6.09. The Morgan fingerprint density at radius 3 is 2.77 bits per heavy atom. The number of unbranched alkanes of at least 4 members (excludes halogenated alkanes) is 1. The zero-order valence-corrected chi connectivity index (χ0v) is 12.9. The van der Waals surface area contributed by atoms with Gasteiger partial charge in [-0.2, -0.15) is 4.98 Å². The van der Waals surface area contributed by atoms with Crippen molar-refractivity contribution in [2.24, 2.45) is 5.73 Å². The third-order valence-electron chi connectivity index (χ3n) is 3.28. The number of amides is 1. The molecule has 1 heterocycles. The zero-order valence-electron chi connectivity index (χ0n) is 12.9. The molecule has 22 heavy (non-hydrogen) atoms. The van der Waals surface area contributed by atoms with Crippen LogP contribution in [0.2, 0.25) is 0 Å². The van der Waals surface area contributed by atoms with Crippen LogP contribution in [0, 0.1) is 0 Å². The van der Waals surface area contributed by atoms with E-state index in [1.807, 2.05) is 35.2 Å². The molecule has 2 rings (SSSR count). The Bertz CT molecular complexity index is 583. The third-order valence-corrected chi connectivity index (χ3v) is 3.28. The molecule has 0 radical (unpaired) electrons. The van der Waals surface area contributed by atoms with Crippen LogP contribution in [0.3, 0.4) is 0 Å². The Hall–Kier alpha value is -2.21. The maximum atomic E-state index is 11.1. The average molecular weight is 302 g/mol. The van der Waals surface area contributed by atoms with Gasteiger partial charge in [0.05, 0.1) is 13.1 Å². The van der Waals surface area contributed by atoms with E-state index < -0.39 is 0 Å². The molecule has 0 unspecified atom stereocenters. The number of aromatic nitrogens is 2. The number of carbonyl (C=O) groups is 1. The smallest absolute Gasteiger partial charge is 0.240 e. The fraction of sp³-hybridized carbons (Fsp3) is 0.438. The van der Waals surface area contributed by atoms with E-state index in [0.29, 0.717) is 24.7 Å². The molecule has 0 aliphatic rings. The van der Waals surface area contributed by atoms with Crippen LogP contribution >= 0.6 is 0 Å². The van der Waals surface area contributed by atoms with Crippen molar-refractivity contribution in [3.05, 3.63) is 47.6 Å². The first-order valence-corrected chi connectivity index (χ1v) is 7.53. The summed E-state index contributed by atoms with van der Waals surface area (Å²) in [4.78, 5) is 17.4. The van der Waals surface area contributed by atoms with Crippen LogP contribution < -0.4 is 5.73 Å². The first-order valence-electron chi connectivity index (χ1n) is 7.53. The highest BCUT2D eigenvalue weighted by Crippen LogP contribution is 2.08. The normalized spacial score (nSPS) is 11.0. The van der Waals surface area contributed by atoms with Crippen LogP contribution in [0.5, 0.6) is 0 Å². The van der Waals surface area contributed by atoms with Crippen LogP contribution in [0.4, 0.5) is 0 Å². The van der Waals surface area contributed by atoms with Gasteiger partial charge in [-0.3, -0.25) is 9.69 Å². The first kappa shape index (κ1) is 16.2. The fourth-order valence-electron chi connectivity index (χ4n) is 2.21. The van der Waals surface area contributed by atoms with Crippen molar-refractivity contribution >= 4 is 5.91 Å². The lowest BCUT2D eigenvalue weighted by Crippen LogP contribution is -2.34. The van der Waals surface area contributed by atoms with E-state index in [4.69, 9.17) is 10.3 Å². The molecule has 0 saturated carbocycles. The van der Waals surface area contributed by atoms with Crippen molar-refractivity contribution in [1.29, 1.82) is 0 Å². The van der Waals surface area contributed by atoms with Crippen molar-refractivity contribution < 1.29 is 9.32 Å². The van der Waals surface area contributed by atoms with E-state index in [-0.39, 0.29) is 12.5 Å². The molecular weight excluding hydrogens is 280 g/mol. The predicted octanol–water partition coefficient (Wildman–Crippen LogP) is 1.75. The molecule has 2 aromatic rings. The van der Waals surface area contributed by atoms with Gasteiger partial charge in [0, 0.05) is 6.42 Å². The monoisotopic (exact) mass is 302 g/mol. The SMILES string of the molecule is CCCCN(CC(N)=O)Cc1nc(Cc2ccccc2)no1. The van der Waals surface area contributed by atoms with E-state index >= 15 is 0 Å². The molecule has 6 heteroatoms. The average Bonchev–Trinajstić information content (AvgIpc) is 2.92. The minimum absolute atomic E-state index is 0.205. The lowest BCUT2D eigenvalue weighted by Gasteiger charge is -2.17. The molecule has 0 bridgehead atoms. The highest BCUT2D eigenvalue weighted by molar-refractivity contribution is 5.75. The molecule has 0 aliphatic carbocycles. The maximum Gasteiger partial charge on any atom is 0.240 e. The molecule has 1 amide bonds. The number of benzene rings is 1.